The predicted molar refractivity (Wildman–Crippen MR) is 101 cm³/mol. The molecule has 1 aliphatic rings. The van der Waals surface area contributed by atoms with Gasteiger partial charge in [0.15, 0.2) is 5.89 Å². The van der Waals surface area contributed by atoms with Crippen molar-refractivity contribution in [3.05, 3.63) is 52.9 Å². The Hall–Kier alpha value is -2.56. The van der Waals surface area contributed by atoms with Crippen LogP contribution >= 0.6 is 0 Å². The molecule has 0 saturated heterocycles. The Bertz CT molecular complexity index is 975. The van der Waals surface area contributed by atoms with Gasteiger partial charge in [-0.25, -0.2) is 4.98 Å². The number of aryl methyl sites for hydroxylation is 1. The molecule has 5 nitrogen and oxygen atoms in total. The highest BCUT2D eigenvalue weighted by Crippen LogP contribution is 2.28. The summed E-state index contributed by atoms with van der Waals surface area (Å²) in [5.41, 5.74) is 4.03. The van der Waals surface area contributed by atoms with Crippen molar-refractivity contribution in [2.75, 3.05) is 6.54 Å². The van der Waals surface area contributed by atoms with E-state index in [0.29, 0.717) is 19.5 Å². The van der Waals surface area contributed by atoms with E-state index < -0.39 is 0 Å². The zero-order valence-electron chi connectivity index (χ0n) is 15.8. The highest BCUT2D eigenvalue weighted by Gasteiger charge is 2.29. The molecule has 0 radical (unpaired) electrons. The van der Waals surface area contributed by atoms with Gasteiger partial charge >= 0.3 is 0 Å². The zero-order chi connectivity index (χ0) is 18.5. The van der Waals surface area contributed by atoms with Crippen LogP contribution in [0.1, 0.15) is 49.4 Å². The third-order valence-corrected chi connectivity index (χ3v) is 5.08. The first-order valence-corrected chi connectivity index (χ1v) is 9.16. The first-order valence-electron chi connectivity index (χ1n) is 9.16. The fraction of sp³-hybridized carbons (Fsp3) is 0.429. The molecule has 0 atom stereocenters. The normalized spacial score (nSPS) is 14.7. The van der Waals surface area contributed by atoms with Gasteiger partial charge in [-0.15, -0.1) is 0 Å². The number of benzene rings is 1. The van der Waals surface area contributed by atoms with Crippen molar-refractivity contribution in [2.24, 2.45) is 0 Å². The number of nitrogens with zero attached hydrogens (tertiary/aromatic N) is 2. The molecule has 2 aromatic heterocycles. The van der Waals surface area contributed by atoms with Crippen LogP contribution in [-0.2, 0) is 29.6 Å². The smallest absolute Gasteiger partial charge is 0.227 e. The standard InChI is InChI=1S/C21H25N3O2/c1-13-15(14-7-5-6-8-16(14)22-13)11-19(25)24-10-9-18-17(12-24)23-20(26-18)21(2,3)4/h5-8,22H,9-12H2,1-4H3. The van der Waals surface area contributed by atoms with E-state index in [4.69, 9.17) is 4.42 Å². The Morgan fingerprint density at radius 1 is 1.31 bits per heavy atom. The first-order chi connectivity index (χ1) is 12.3. The van der Waals surface area contributed by atoms with Gasteiger partial charge in [0.05, 0.1) is 13.0 Å². The van der Waals surface area contributed by atoms with Crippen molar-refractivity contribution in [3.63, 3.8) is 0 Å². The zero-order valence-corrected chi connectivity index (χ0v) is 15.8. The van der Waals surface area contributed by atoms with Gasteiger partial charge in [0.1, 0.15) is 11.5 Å². The molecule has 0 spiro atoms. The second-order valence-corrected chi connectivity index (χ2v) is 8.16. The third kappa shape index (κ3) is 2.91. The topological polar surface area (TPSA) is 62.1 Å². The molecule has 3 heterocycles. The third-order valence-electron chi connectivity index (χ3n) is 5.08. The summed E-state index contributed by atoms with van der Waals surface area (Å²) in [5.74, 6) is 1.83. The average Bonchev–Trinajstić information content (AvgIpc) is 3.15. The van der Waals surface area contributed by atoms with Gasteiger partial charge in [0.25, 0.3) is 0 Å². The molecule has 1 amide bonds. The molecular formula is C21H25N3O2. The Kier molecular flexibility index (Phi) is 3.90. The lowest BCUT2D eigenvalue weighted by Gasteiger charge is -2.25. The van der Waals surface area contributed by atoms with Crippen LogP contribution in [0.5, 0.6) is 0 Å². The minimum atomic E-state index is -0.118. The van der Waals surface area contributed by atoms with Crippen LogP contribution in [0.15, 0.2) is 28.7 Å². The second kappa shape index (κ2) is 6.01. The summed E-state index contributed by atoms with van der Waals surface area (Å²) in [7, 11) is 0. The largest absolute Gasteiger partial charge is 0.445 e. The number of amides is 1. The molecule has 1 aromatic carbocycles. The van der Waals surface area contributed by atoms with Crippen molar-refractivity contribution < 1.29 is 9.21 Å². The molecule has 0 bridgehead atoms. The minimum Gasteiger partial charge on any atom is -0.445 e. The number of rotatable bonds is 2. The van der Waals surface area contributed by atoms with Gasteiger partial charge in [-0.3, -0.25) is 4.79 Å². The summed E-state index contributed by atoms with van der Waals surface area (Å²) < 4.78 is 5.93. The molecular weight excluding hydrogens is 326 g/mol. The molecule has 1 aliphatic heterocycles. The van der Waals surface area contributed by atoms with Gasteiger partial charge in [-0.1, -0.05) is 39.0 Å². The summed E-state index contributed by atoms with van der Waals surface area (Å²) >= 11 is 0. The molecule has 1 N–H and O–H groups in total. The second-order valence-electron chi connectivity index (χ2n) is 8.16. The lowest BCUT2D eigenvalue weighted by atomic mass is 9.97. The fourth-order valence-electron chi connectivity index (χ4n) is 3.56. The highest BCUT2D eigenvalue weighted by molar-refractivity contribution is 5.90. The Labute approximate surface area is 153 Å². The van der Waals surface area contributed by atoms with Gasteiger partial charge in [-0.2, -0.15) is 0 Å². The number of para-hydroxylation sites is 1. The van der Waals surface area contributed by atoms with E-state index in [0.717, 1.165) is 45.9 Å². The molecule has 0 aliphatic carbocycles. The van der Waals surface area contributed by atoms with E-state index in [1.54, 1.807) is 0 Å². The van der Waals surface area contributed by atoms with Crippen molar-refractivity contribution in [1.29, 1.82) is 0 Å². The molecule has 5 heteroatoms. The molecule has 0 fully saturated rings. The lowest BCUT2D eigenvalue weighted by Crippen LogP contribution is -2.36. The minimum absolute atomic E-state index is 0.118. The fourth-order valence-corrected chi connectivity index (χ4v) is 3.56. The van der Waals surface area contributed by atoms with Crippen molar-refractivity contribution >= 4 is 16.8 Å². The average molecular weight is 351 g/mol. The number of oxazole rings is 1. The van der Waals surface area contributed by atoms with Crippen LogP contribution in [0.25, 0.3) is 10.9 Å². The first kappa shape index (κ1) is 16.9. The van der Waals surface area contributed by atoms with Gasteiger partial charge in [-0.05, 0) is 18.6 Å². The van der Waals surface area contributed by atoms with E-state index in [1.165, 1.54) is 0 Å². The quantitative estimate of drug-likeness (QED) is 0.762. The number of aromatic nitrogens is 2. The summed E-state index contributed by atoms with van der Waals surface area (Å²) in [6.07, 6.45) is 1.15. The number of carbonyl (C=O) groups excluding carboxylic acids is 1. The van der Waals surface area contributed by atoms with E-state index in [1.807, 2.05) is 30.0 Å². The number of aromatic amines is 1. The summed E-state index contributed by atoms with van der Waals surface area (Å²) in [6.45, 7) is 9.53. The Balaban J connectivity index is 1.54. The number of fused-ring (bicyclic) bond motifs is 2. The molecule has 3 aromatic rings. The number of hydrogen-bond acceptors (Lipinski definition) is 3. The van der Waals surface area contributed by atoms with E-state index in [9.17, 15) is 4.79 Å². The monoisotopic (exact) mass is 351 g/mol. The molecule has 0 saturated carbocycles. The number of carbonyl (C=O) groups is 1. The summed E-state index contributed by atoms with van der Waals surface area (Å²) in [6, 6.07) is 8.14. The summed E-state index contributed by atoms with van der Waals surface area (Å²) in [4.78, 5) is 22.9. The van der Waals surface area contributed by atoms with Crippen LogP contribution in [0, 0.1) is 6.92 Å². The Morgan fingerprint density at radius 3 is 2.85 bits per heavy atom. The van der Waals surface area contributed by atoms with Crippen LogP contribution in [0.4, 0.5) is 0 Å². The van der Waals surface area contributed by atoms with Crippen LogP contribution in [0.3, 0.4) is 0 Å². The maximum atomic E-state index is 12.9. The molecule has 4 rings (SSSR count). The van der Waals surface area contributed by atoms with Gasteiger partial charge in [0, 0.05) is 35.0 Å². The maximum Gasteiger partial charge on any atom is 0.227 e. The molecule has 0 unspecified atom stereocenters. The lowest BCUT2D eigenvalue weighted by molar-refractivity contribution is -0.131. The number of nitrogens with one attached hydrogen (secondary N) is 1. The molecule has 136 valence electrons. The van der Waals surface area contributed by atoms with E-state index in [2.05, 4.69) is 36.8 Å². The van der Waals surface area contributed by atoms with Crippen molar-refractivity contribution in [3.8, 4) is 0 Å². The van der Waals surface area contributed by atoms with Crippen molar-refractivity contribution in [2.45, 2.75) is 52.5 Å². The Morgan fingerprint density at radius 2 is 2.08 bits per heavy atom. The van der Waals surface area contributed by atoms with Crippen LogP contribution in [-0.4, -0.2) is 27.3 Å². The maximum absolute atomic E-state index is 12.9. The van der Waals surface area contributed by atoms with Gasteiger partial charge < -0.3 is 14.3 Å². The summed E-state index contributed by atoms with van der Waals surface area (Å²) in [5, 5.41) is 1.13. The van der Waals surface area contributed by atoms with Crippen LogP contribution < -0.4 is 0 Å². The highest BCUT2D eigenvalue weighted by atomic mass is 16.4. The predicted octanol–water partition coefficient (Wildman–Crippen LogP) is 3.89. The number of hydrogen-bond donors (Lipinski definition) is 1. The van der Waals surface area contributed by atoms with E-state index >= 15 is 0 Å². The van der Waals surface area contributed by atoms with Crippen LogP contribution in [0.2, 0.25) is 0 Å². The number of H-pyrrole nitrogens is 1. The van der Waals surface area contributed by atoms with Crippen molar-refractivity contribution in [1.82, 2.24) is 14.9 Å². The SMILES string of the molecule is Cc1[nH]c2ccccc2c1CC(=O)N1CCc2oc(C(C)(C)C)nc2C1. The van der Waals surface area contributed by atoms with E-state index in [-0.39, 0.29) is 11.3 Å². The van der Waals surface area contributed by atoms with Gasteiger partial charge in [0.2, 0.25) is 5.91 Å². The molecule has 26 heavy (non-hydrogen) atoms.